The van der Waals surface area contributed by atoms with Crippen LogP contribution < -0.4 is 0 Å². The summed E-state index contributed by atoms with van der Waals surface area (Å²) in [7, 11) is 2.40. The van der Waals surface area contributed by atoms with Gasteiger partial charge in [0.1, 0.15) is 0 Å². The summed E-state index contributed by atoms with van der Waals surface area (Å²) in [4.78, 5) is 0. The van der Waals surface area contributed by atoms with Gasteiger partial charge in [0.15, 0.2) is 0 Å². The Balaban J connectivity index is 1.51. The van der Waals surface area contributed by atoms with Crippen LogP contribution in [0.2, 0.25) is 10.5 Å². The standard InChI is InChI=1S/2C16H13.2CH3.H2Si.Ti/c2*1-12-10-14-8-5-9-15(16(14)11-12)13-6-3-2-4-7-13;;;;/h2*2-11H,1H3;2*1H3;1H2;. The monoisotopic (exact) mass is 518 g/mol. The molecule has 2 aliphatic rings. The molecule has 0 spiro atoms. The van der Waals surface area contributed by atoms with Gasteiger partial charge in [-0.05, 0) is 0 Å². The number of benzene rings is 4. The minimum atomic E-state index is -3.22. The van der Waals surface area contributed by atoms with Crippen molar-refractivity contribution < 1.29 is 14.0 Å². The van der Waals surface area contributed by atoms with Gasteiger partial charge in [-0.25, -0.2) is 0 Å². The predicted octanol–water partition coefficient (Wildman–Crippen LogP) is 8.97. The molecule has 2 unspecified atom stereocenters. The first-order valence-electron chi connectivity index (χ1n) is 13.0. The third kappa shape index (κ3) is 3.60. The number of hydrogen-bond acceptors (Lipinski definition) is 0. The van der Waals surface area contributed by atoms with Crippen LogP contribution in [0.4, 0.5) is 0 Å². The fourth-order valence-electron chi connectivity index (χ4n) is 7.53. The Morgan fingerprint density at radius 3 is 1.31 bits per heavy atom. The summed E-state index contributed by atoms with van der Waals surface area (Å²) in [5, 5.41) is 5.41. The van der Waals surface area contributed by atoms with Gasteiger partial charge in [0, 0.05) is 0 Å². The summed E-state index contributed by atoms with van der Waals surface area (Å²) < 4.78 is 1.05. The van der Waals surface area contributed by atoms with Crippen LogP contribution in [0.25, 0.3) is 34.4 Å². The molecule has 0 saturated heterocycles. The number of allylic oxidation sites excluding steroid dienone is 2. The van der Waals surface area contributed by atoms with Gasteiger partial charge < -0.3 is 0 Å². The molecule has 4 aromatic rings. The van der Waals surface area contributed by atoms with E-state index < -0.39 is 14.0 Å². The van der Waals surface area contributed by atoms with E-state index in [-0.39, 0.29) is 0 Å². The van der Waals surface area contributed by atoms with Crippen LogP contribution in [0.3, 0.4) is 0 Å². The van der Waals surface area contributed by atoms with Crippen molar-refractivity contribution in [2.45, 2.75) is 32.7 Å². The molecule has 0 nitrogen and oxygen atoms in total. The Kier molecular flexibility index (Phi) is 5.54. The van der Waals surface area contributed by atoms with E-state index in [0.29, 0.717) is 8.45 Å². The van der Waals surface area contributed by atoms with Crippen molar-refractivity contribution in [1.82, 2.24) is 0 Å². The van der Waals surface area contributed by atoms with Gasteiger partial charge in [-0.1, -0.05) is 0 Å². The molecule has 2 heteroatoms. The first kappa shape index (κ1) is 23.7. The quantitative estimate of drug-likeness (QED) is 0.237. The molecule has 0 heterocycles. The second kappa shape index (κ2) is 8.42. The number of hydrogen-bond donors (Lipinski definition) is 0. The summed E-state index contributed by atoms with van der Waals surface area (Å²) >= 11 is -3.22. The molecule has 178 valence electrons. The predicted molar refractivity (Wildman–Crippen MR) is 157 cm³/mol. The Morgan fingerprint density at radius 2 is 0.917 bits per heavy atom. The second-order valence-corrected chi connectivity index (χ2v) is 32.1. The summed E-state index contributed by atoms with van der Waals surface area (Å²) in [5.41, 5.74) is 14.4. The van der Waals surface area contributed by atoms with Gasteiger partial charge in [-0.3, -0.25) is 0 Å². The van der Waals surface area contributed by atoms with E-state index in [4.69, 9.17) is 0 Å². The zero-order valence-corrected chi connectivity index (χ0v) is 24.7. The van der Waals surface area contributed by atoms with Gasteiger partial charge in [-0.2, -0.15) is 0 Å². The zero-order chi connectivity index (χ0) is 25.1. The van der Waals surface area contributed by atoms with Crippen molar-refractivity contribution in [1.29, 1.82) is 0 Å². The first-order valence-corrected chi connectivity index (χ1v) is 22.0. The third-order valence-corrected chi connectivity index (χ3v) is 20.3. The van der Waals surface area contributed by atoms with Crippen LogP contribution in [0.1, 0.15) is 44.5 Å². The second-order valence-electron chi connectivity index (χ2n) is 11.9. The molecule has 0 amide bonds. The Hall–Kier alpha value is -2.71. The maximum atomic E-state index is 2.70. The summed E-state index contributed by atoms with van der Waals surface area (Å²) in [5.74, 6) is 0. The molecule has 0 fully saturated rings. The SMILES string of the molecule is CC1=Cc2c(-c3ccccc3)cccc2[CH]1[Ti]([CH3])([CH3])(=[SiH2])[CH]1C(C)=Cc2c(-c3ccccc3)cccc21. The van der Waals surface area contributed by atoms with Crippen LogP contribution in [0.15, 0.2) is 108 Å². The van der Waals surface area contributed by atoms with Crippen molar-refractivity contribution in [3.8, 4) is 22.3 Å². The van der Waals surface area contributed by atoms with Crippen LogP contribution in [-0.4, -0.2) is 7.63 Å². The number of rotatable bonds is 4. The molecule has 36 heavy (non-hydrogen) atoms. The molecular formula is C34H34SiTi. The van der Waals surface area contributed by atoms with E-state index in [9.17, 15) is 0 Å². The van der Waals surface area contributed by atoms with Crippen LogP contribution in [-0.2, 0) is 14.0 Å². The fraction of sp³-hybridized carbons (Fsp3) is 0.176. The molecule has 0 saturated carbocycles. The van der Waals surface area contributed by atoms with E-state index in [1.807, 2.05) is 0 Å². The molecule has 2 aliphatic carbocycles. The van der Waals surface area contributed by atoms with Crippen molar-refractivity contribution in [3.63, 3.8) is 0 Å². The summed E-state index contributed by atoms with van der Waals surface area (Å²) in [6.07, 6.45) is 5.00. The molecule has 2 atom stereocenters. The van der Waals surface area contributed by atoms with E-state index >= 15 is 0 Å². The average molecular weight is 519 g/mol. The number of fused-ring (bicyclic) bond motifs is 2. The topological polar surface area (TPSA) is 0 Å². The summed E-state index contributed by atoms with van der Waals surface area (Å²) in [6, 6.07) is 35.8. The molecule has 0 aliphatic heterocycles. The van der Waals surface area contributed by atoms with Crippen LogP contribution in [0.5, 0.6) is 0 Å². The molecule has 6 rings (SSSR count). The Morgan fingerprint density at radius 1 is 0.528 bits per heavy atom. The fourth-order valence-corrected chi connectivity index (χ4v) is 21.4. The molecular weight excluding hydrogens is 484 g/mol. The molecule has 0 bridgehead atoms. The first-order chi connectivity index (χ1) is 17.2. The summed E-state index contributed by atoms with van der Waals surface area (Å²) in [6.45, 7) is 4.77. The zero-order valence-electron chi connectivity index (χ0n) is 21.8. The van der Waals surface area contributed by atoms with Crippen molar-refractivity contribution >= 4 is 19.8 Å². The van der Waals surface area contributed by atoms with Crippen molar-refractivity contribution in [2.75, 3.05) is 0 Å². The van der Waals surface area contributed by atoms with E-state index in [0.717, 1.165) is 0 Å². The minimum absolute atomic E-state index is 0.527. The van der Waals surface area contributed by atoms with E-state index in [1.54, 1.807) is 22.3 Å². The normalized spacial score (nSPS) is 18.9. The van der Waals surface area contributed by atoms with Gasteiger partial charge in [0.2, 0.25) is 0 Å². The Bertz CT molecular complexity index is 1500. The molecule has 0 N–H and O–H groups in total. The van der Waals surface area contributed by atoms with Gasteiger partial charge in [0.05, 0.1) is 0 Å². The maximum absolute atomic E-state index is 3.22. The van der Waals surface area contributed by atoms with Crippen LogP contribution in [0, 0.1) is 0 Å². The van der Waals surface area contributed by atoms with Crippen molar-refractivity contribution in [3.05, 3.63) is 130 Å². The van der Waals surface area contributed by atoms with E-state index in [1.165, 1.54) is 33.4 Å². The average Bonchev–Trinajstić information content (AvgIpc) is 3.41. The van der Waals surface area contributed by atoms with Gasteiger partial charge >= 0.3 is 219 Å². The molecule has 0 aromatic heterocycles. The third-order valence-electron chi connectivity index (χ3n) is 8.62. The van der Waals surface area contributed by atoms with E-state index in [2.05, 4.69) is 141 Å². The molecule has 4 aromatic carbocycles. The Labute approximate surface area is 218 Å². The van der Waals surface area contributed by atoms with Gasteiger partial charge in [0.25, 0.3) is 0 Å². The molecule has 0 radical (unpaired) electrons. The van der Waals surface area contributed by atoms with Crippen LogP contribution >= 0.6 is 0 Å². The van der Waals surface area contributed by atoms with Gasteiger partial charge in [-0.15, -0.1) is 0 Å². The van der Waals surface area contributed by atoms with Crippen molar-refractivity contribution in [2.24, 2.45) is 0 Å².